The van der Waals surface area contributed by atoms with Gasteiger partial charge in [0.2, 0.25) is 5.76 Å². The van der Waals surface area contributed by atoms with E-state index >= 15 is 0 Å². The largest absolute Gasteiger partial charge is 0.497 e. The first-order valence-corrected chi connectivity index (χ1v) is 9.49. The quantitative estimate of drug-likeness (QED) is 0.659. The van der Waals surface area contributed by atoms with Crippen LogP contribution in [0.4, 0.5) is 0 Å². The zero-order valence-corrected chi connectivity index (χ0v) is 16.3. The van der Waals surface area contributed by atoms with Crippen LogP contribution in [0.2, 0.25) is 0 Å². The van der Waals surface area contributed by atoms with Gasteiger partial charge in [0.15, 0.2) is 0 Å². The first-order chi connectivity index (χ1) is 13.6. The van der Waals surface area contributed by atoms with Crippen molar-refractivity contribution in [3.8, 4) is 17.0 Å². The Morgan fingerprint density at radius 2 is 2.04 bits per heavy atom. The number of carbonyl (C=O) groups is 1. The fraction of sp³-hybridized carbons (Fsp3) is 0.381. The van der Waals surface area contributed by atoms with Crippen LogP contribution in [0.1, 0.15) is 53.4 Å². The highest BCUT2D eigenvalue weighted by atomic mass is 16.5. The lowest BCUT2D eigenvalue weighted by Crippen LogP contribution is -2.30. The summed E-state index contributed by atoms with van der Waals surface area (Å²) in [5, 5.41) is 8.18. The molecule has 0 unspecified atom stereocenters. The van der Waals surface area contributed by atoms with Gasteiger partial charge < -0.3 is 18.7 Å². The number of hydrogen-bond donors (Lipinski definition) is 0. The van der Waals surface area contributed by atoms with Gasteiger partial charge in [-0.3, -0.25) is 4.79 Å². The molecular weight excluding hydrogens is 358 g/mol. The van der Waals surface area contributed by atoms with Gasteiger partial charge in [0.25, 0.3) is 5.91 Å². The van der Waals surface area contributed by atoms with Crippen LogP contribution in [-0.2, 0) is 6.42 Å². The molecule has 2 aromatic heterocycles. The highest BCUT2D eigenvalue weighted by molar-refractivity contribution is 5.93. The molecule has 7 heteroatoms. The van der Waals surface area contributed by atoms with Crippen molar-refractivity contribution in [1.82, 2.24) is 15.2 Å². The maximum atomic E-state index is 13.1. The highest BCUT2D eigenvalue weighted by Gasteiger charge is 2.36. The van der Waals surface area contributed by atoms with Gasteiger partial charge >= 0.3 is 0 Å². The molecule has 1 fully saturated rings. The topological polar surface area (TPSA) is 81.6 Å². The SMILES string of the molecule is CCc1onc(C)c1[C@H]1CCCN1C(=O)c1cc(-c2ccc(OC)cc2)no1. The summed E-state index contributed by atoms with van der Waals surface area (Å²) in [5.41, 5.74) is 3.36. The van der Waals surface area contributed by atoms with Gasteiger partial charge in [0, 0.05) is 30.2 Å². The number of nitrogens with zero attached hydrogens (tertiary/aromatic N) is 3. The molecule has 1 atom stereocenters. The molecule has 3 aromatic rings. The lowest BCUT2D eigenvalue weighted by atomic mass is 10.0. The average Bonchev–Trinajstić information content (AvgIpc) is 3.46. The Hall–Kier alpha value is -3.09. The Morgan fingerprint density at radius 1 is 1.25 bits per heavy atom. The monoisotopic (exact) mass is 381 g/mol. The minimum Gasteiger partial charge on any atom is -0.497 e. The number of hydrogen-bond acceptors (Lipinski definition) is 6. The summed E-state index contributed by atoms with van der Waals surface area (Å²) < 4.78 is 16.0. The molecule has 1 aromatic carbocycles. The molecule has 0 N–H and O–H groups in total. The standard InChI is InChI=1S/C21H23N3O4/c1-4-18-20(13(2)22-27-18)17-6-5-11-24(17)21(25)19-12-16(23-28-19)14-7-9-15(26-3)10-8-14/h7-10,12,17H,4-6,11H2,1-3H3/t17-/m1/s1. The Kier molecular flexibility index (Phi) is 4.90. The van der Waals surface area contributed by atoms with Gasteiger partial charge in [0.05, 0.1) is 18.8 Å². The van der Waals surface area contributed by atoms with Crippen molar-refractivity contribution < 1.29 is 18.6 Å². The van der Waals surface area contributed by atoms with Crippen LogP contribution in [0.5, 0.6) is 5.75 Å². The van der Waals surface area contributed by atoms with Crippen molar-refractivity contribution in [2.24, 2.45) is 0 Å². The predicted octanol–water partition coefficient (Wildman–Crippen LogP) is 4.19. The molecule has 7 nitrogen and oxygen atoms in total. The van der Waals surface area contributed by atoms with E-state index in [1.807, 2.05) is 43.0 Å². The summed E-state index contributed by atoms with van der Waals surface area (Å²) >= 11 is 0. The number of rotatable bonds is 5. The van der Waals surface area contributed by atoms with Crippen molar-refractivity contribution >= 4 is 5.91 Å². The number of carbonyl (C=O) groups excluding carboxylic acids is 1. The van der Waals surface area contributed by atoms with Crippen molar-refractivity contribution in [3.63, 3.8) is 0 Å². The van der Waals surface area contributed by atoms with Crippen LogP contribution in [0, 0.1) is 6.92 Å². The van der Waals surface area contributed by atoms with Crippen molar-refractivity contribution in [1.29, 1.82) is 0 Å². The molecule has 1 saturated heterocycles. The number of ether oxygens (including phenoxy) is 1. The van der Waals surface area contributed by atoms with Crippen LogP contribution < -0.4 is 4.74 Å². The molecule has 1 aliphatic heterocycles. The third-order valence-electron chi connectivity index (χ3n) is 5.26. The Morgan fingerprint density at radius 3 is 2.75 bits per heavy atom. The van der Waals surface area contributed by atoms with Gasteiger partial charge in [-0.25, -0.2) is 0 Å². The normalized spacial score (nSPS) is 16.5. The molecule has 1 amide bonds. The number of methoxy groups -OCH3 is 1. The average molecular weight is 381 g/mol. The first-order valence-electron chi connectivity index (χ1n) is 9.49. The summed E-state index contributed by atoms with van der Waals surface area (Å²) in [6.07, 6.45) is 2.57. The van der Waals surface area contributed by atoms with Gasteiger partial charge in [-0.05, 0) is 44.0 Å². The lowest BCUT2D eigenvalue weighted by molar-refractivity contribution is 0.0692. The molecule has 146 valence electrons. The third-order valence-corrected chi connectivity index (χ3v) is 5.26. The summed E-state index contributed by atoms with van der Waals surface area (Å²) in [4.78, 5) is 15.0. The number of aromatic nitrogens is 2. The molecule has 28 heavy (non-hydrogen) atoms. The van der Waals surface area contributed by atoms with E-state index in [0.29, 0.717) is 12.2 Å². The Labute approximate surface area is 163 Å². The summed E-state index contributed by atoms with van der Waals surface area (Å²) in [7, 11) is 1.62. The van der Waals surface area contributed by atoms with E-state index in [0.717, 1.165) is 47.6 Å². The van der Waals surface area contributed by atoms with E-state index in [-0.39, 0.29) is 17.7 Å². The molecular formula is C21H23N3O4. The van der Waals surface area contributed by atoms with E-state index in [1.54, 1.807) is 13.2 Å². The van der Waals surface area contributed by atoms with Crippen molar-refractivity contribution in [3.05, 3.63) is 53.1 Å². The number of aryl methyl sites for hydroxylation is 2. The van der Waals surface area contributed by atoms with Gasteiger partial charge in [-0.2, -0.15) is 0 Å². The molecule has 0 aliphatic carbocycles. The van der Waals surface area contributed by atoms with E-state index < -0.39 is 0 Å². The van der Waals surface area contributed by atoms with E-state index in [1.165, 1.54) is 0 Å². The van der Waals surface area contributed by atoms with Crippen LogP contribution in [-0.4, -0.2) is 34.8 Å². The van der Waals surface area contributed by atoms with Crippen LogP contribution in [0.3, 0.4) is 0 Å². The zero-order chi connectivity index (χ0) is 19.7. The molecule has 3 heterocycles. The van der Waals surface area contributed by atoms with Crippen molar-refractivity contribution in [2.75, 3.05) is 13.7 Å². The number of amides is 1. The molecule has 0 radical (unpaired) electrons. The minimum absolute atomic E-state index is 0.0387. The van der Waals surface area contributed by atoms with E-state index in [2.05, 4.69) is 10.3 Å². The lowest BCUT2D eigenvalue weighted by Gasteiger charge is -2.23. The van der Waals surface area contributed by atoms with Gasteiger partial charge in [-0.1, -0.05) is 17.2 Å². The maximum absolute atomic E-state index is 13.1. The van der Waals surface area contributed by atoms with Crippen LogP contribution >= 0.6 is 0 Å². The molecule has 0 saturated carbocycles. The molecule has 0 bridgehead atoms. The fourth-order valence-electron chi connectivity index (χ4n) is 3.83. The Balaban J connectivity index is 1.58. The second-order valence-electron chi connectivity index (χ2n) is 6.92. The third kappa shape index (κ3) is 3.17. The second-order valence-corrected chi connectivity index (χ2v) is 6.92. The summed E-state index contributed by atoms with van der Waals surface area (Å²) in [5.74, 6) is 1.69. The molecule has 0 spiro atoms. The zero-order valence-electron chi connectivity index (χ0n) is 16.3. The predicted molar refractivity (Wildman–Crippen MR) is 102 cm³/mol. The van der Waals surface area contributed by atoms with Gasteiger partial charge in [-0.15, -0.1) is 0 Å². The van der Waals surface area contributed by atoms with E-state index in [4.69, 9.17) is 13.8 Å². The highest BCUT2D eigenvalue weighted by Crippen LogP contribution is 2.37. The number of benzene rings is 1. The summed E-state index contributed by atoms with van der Waals surface area (Å²) in [6.45, 7) is 4.63. The fourth-order valence-corrected chi connectivity index (χ4v) is 3.83. The van der Waals surface area contributed by atoms with Gasteiger partial charge in [0.1, 0.15) is 17.2 Å². The van der Waals surface area contributed by atoms with Crippen molar-refractivity contribution in [2.45, 2.75) is 39.2 Å². The second kappa shape index (κ2) is 7.50. The minimum atomic E-state index is -0.155. The van der Waals surface area contributed by atoms with Crippen LogP contribution in [0.15, 0.2) is 39.4 Å². The molecule has 1 aliphatic rings. The molecule has 4 rings (SSSR count). The smallest absolute Gasteiger partial charge is 0.293 e. The first kappa shape index (κ1) is 18.3. The Bertz CT molecular complexity index is 974. The number of likely N-dealkylation sites (tertiary alicyclic amines) is 1. The van der Waals surface area contributed by atoms with E-state index in [9.17, 15) is 4.79 Å². The van der Waals surface area contributed by atoms with Crippen LogP contribution in [0.25, 0.3) is 11.3 Å². The summed E-state index contributed by atoms with van der Waals surface area (Å²) in [6, 6.07) is 9.13. The maximum Gasteiger partial charge on any atom is 0.293 e.